The predicted octanol–water partition coefficient (Wildman–Crippen LogP) is 0.478. The third kappa shape index (κ3) is 2.99. The van der Waals surface area contributed by atoms with E-state index >= 15 is 0 Å². The van der Waals surface area contributed by atoms with Gasteiger partial charge in [-0.15, -0.1) is 0 Å². The summed E-state index contributed by atoms with van der Waals surface area (Å²) >= 11 is 0. The molecule has 0 bridgehead atoms. The molecule has 1 amide bonds. The van der Waals surface area contributed by atoms with Crippen LogP contribution in [0.15, 0.2) is 24.5 Å². The van der Waals surface area contributed by atoms with Crippen molar-refractivity contribution in [1.82, 2.24) is 20.1 Å². The number of piperazine rings is 1. The van der Waals surface area contributed by atoms with E-state index in [1.54, 1.807) is 0 Å². The zero-order chi connectivity index (χ0) is 13.8. The van der Waals surface area contributed by atoms with Crippen LogP contribution in [0.25, 0.3) is 0 Å². The highest BCUT2D eigenvalue weighted by Crippen LogP contribution is 2.21. The van der Waals surface area contributed by atoms with Crippen LogP contribution in [0.3, 0.4) is 0 Å². The van der Waals surface area contributed by atoms with Gasteiger partial charge in [0.15, 0.2) is 0 Å². The molecule has 1 aromatic heterocycles. The van der Waals surface area contributed by atoms with Crippen LogP contribution < -0.4 is 5.32 Å². The third-order valence-corrected chi connectivity index (χ3v) is 4.21. The van der Waals surface area contributed by atoms with Gasteiger partial charge in [-0.3, -0.25) is 14.7 Å². The Labute approximate surface area is 120 Å². The minimum Gasteiger partial charge on any atom is -0.339 e. The minimum atomic E-state index is 0.0706. The molecule has 20 heavy (non-hydrogen) atoms. The van der Waals surface area contributed by atoms with E-state index < -0.39 is 0 Å². The maximum atomic E-state index is 12.6. The predicted molar refractivity (Wildman–Crippen MR) is 77.1 cm³/mol. The van der Waals surface area contributed by atoms with Gasteiger partial charge in [-0.25, -0.2) is 0 Å². The number of rotatable bonds is 3. The third-order valence-electron chi connectivity index (χ3n) is 4.21. The van der Waals surface area contributed by atoms with Gasteiger partial charge < -0.3 is 10.2 Å². The summed E-state index contributed by atoms with van der Waals surface area (Å²) in [7, 11) is 0. The monoisotopic (exact) mass is 274 g/mol. The van der Waals surface area contributed by atoms with E-state index in [4.69, 9.17) is 0 Å². The molecule has 2 saturated heterocycles. The molecule has 1 unspecified atom stereocenters. The number of amides is 1. The maximum Gasteiger partial charge on any atom is 0.240 e. The van der Waals surface area contributed by atoms with Gasteiger partial charge in [-0.05, 0) is 37.1 Å². The molecule has 0 saturated carbocycles. The molecule has 5 heteroatoms. The highest BCUT2D eigenvalue weighted by atomic mass is 16.2. The summed E-state index contributed by atoms with van der Waals surface area (Å²) in [6.07, 6.45) is 5.75. The topological polar surface area (TPSA) is 48.5 Å². The van der Waals surface area contributed by atoms with Crippen LogP contribution in [0, 0.1) is 0 Å². The average Bonchev–Trinajstić information content (AvgIpc) is 2.96. The number of nitrogens with zero attached hydrogens (tertiary/aromatic N) is 3. The van der Waals surface area contributed by atoms with Crippen LogP contribution in [0.5, 0.6) is 0 Å². The van der Waals surface area contributed by atoms with Crippen molar-refractivity contribution in [3.8, 4) is 0 Å². The lowest BCUT2D eigenvalue weighted by molar-refractivity contribution is -0.136. The normalized spacial score (nSPS) is 24.0. The SMILES string of the molecule is O=C(C1CCCN1Cc1ccncc1)N1CCNCC1. The second-order valence-electron chi connectivity index (χ2n) is 5.56. The molecule has 0 aromatic carbocycles. The molecule has 3 rings (SSSR count). The molecular formula is C15H22N4O. The number of nitrogens with one attached hydrogen (secondary N) is 1. The largest absolute Gasteiger partial charge is 0.339 e. The Morgan fingerprint density at radius 2 is 2.00 bits per heavy atom. The molecule has 108 valence electrons. The number of hydrogen-bond donors (Lipinski definition) is 1. The lowest BCUT2D eigenvalue weighted by Crippen LogP contribution is -2.52. The first-order valence-corrected chi connectivity index (χ1v) is 7.47. The van der Waals surface area contributed by atoms with E-state index in [2.05, 4.69) is 15.2 Å². The quantitative estimate of drug-likeness (QED) is 0.871. The van der Waals surface area contributed by atoms with E-state index in [9.17, 15) is 4.79 Å². The molecule has 5 nitrogen and oxygen atoms in total. The summed E-state index contributed by atoms with van der Waals surface area (Å²) < 4.78 is 0. The molecule has 2 aliphatic rings. The molecular weight excluding hydrogens is 252 g/mol. The van der Waals surface area contributed by atoms with Crippen LogP contribution in [-0.2, 0) is 11.3 Å². The van der Waals surface area contributed by atoms with Crippen LogP contribution in [-0.4, -0.2) is 59.5 Å². The van der Waals surface area contributed by atoms with Crippen LogP contribution in [0.4, 0.5) is 0 Å². The van der Waals surface area contributed by atoms with Gasteiger partial charge in [0.05, 0.1) is 6.04 Å². The zero-order valence-corrected chi connectivity index (χ0v) is 11.8. The Morgan fingerprint density at radius 1 is 1.25 bits per heavy atom. The van der Waals surface area contributed by atoms with Crippen LogP contribution >= 0.6 is 0 Å². The van der Waals surface area contributed by atoms with Gasteiger partial charge in [0, 0.05) is 45.1 Å². The lowest BCUT2D eigenvalue weighted by atomic mass is 10.1. The Kier molecular flexibility index (Phi) is 4.28. The highest BCUT2D eigenvalue weighted by Gasteiger charge is 2.33. The van der Waals surface area contributed by atoms with Crippen molar-refractivity contribution in [2.45, 2.75) is 25.4 Å². The van der Waals surface area contributed by atoms with Crippen molar-refractivity contribution in [3.05, 3.63) is 30.1 Å². The van der Waals surface area contributed by atoms with Crippen molar-refractivity contribution < 1.29 is 4.79 Å². The minimum absolute atomic E-state index is 0.0706. The molecule has 0 aliphatic carbocycles. The van der Waals surface area contributed by atoms with Crippen molar-refractivity contribution in [2.75, 3.05) is 32.7 Å². The van der Waals surface area contributed by atoms with E-state index in [1.807, 2.05) is 29.4 Å². The molecule has 1 N–H and O–H groups in total. The summed E-state index contributed by atoms with van der Waals surface area (Å²) in [5.41, 5.74) is 1.24. The Bertz CT molecular complexity index is 444. The fraction of sp³-hybridized carbons (Fsp3) is 0.600. The maximum absolute atomic E-state index is 12.6. The molecule has 0 spiro atoms. The molecule has 1 atom stereocenters. The summed E-state index contributed by atoms with van der Waals surface area (Å²) in [5, 5.41) is 3.30. The van der Waals surface area contributed by atoms with E-state index in [0.29, 0.717) is 5.91 Å². The van der Waals surface area contributed by atoms with Crippen molar-refractivity contribution in [3.63, 3.8) is 0 Å². The van der Waals surface area contributed by atoms with Gasteiger partial charge in [0.2, 0.25) is 5.91 Å². The Balaban J connectivity index is 1.64. The van der Waals surface area contributed by atoms with E-state index in [1.165, 1.54) is 5.56 Å². The molecule has 0 radical (unpaired) electrons. The number of hydrogen-bond acceptors (Lipinski definition) is 4. The van der Waals surface area contributed by atoms with Crippen molar-refractivity contribution in [1.29, 1.82) is 0 Å². The highest BCUT2D eigenvalue weighted by molar-refractivity contribution is 5.82. The van der Waals surface area contributed by atoms with Gasteiger partial charge in [0.25, 0.3) is 0 Å². The number of likely N-dealkylation sites (tertiary alicyclic amines) is 1. The van der Waals surface area contributed by atoms with Gasteiger partial charge >= 0.3 is 0 Å². The standard InChI is InChI=1S/C15H22N4O/c20-15(18-10-7-17-8-11-18)14-2-1-9-19(14)12-13-3-5-16-6-4-13/h3-6,14,17H,1-2,7-12H2. The lowest BCUT2D eigenvalue weighted by Gasteiger charge is -2.33. The van der Waals surface area contributed by atoms with Crippen molar-refractivity contribution in [2.24, 2.45) is 0 Å². The van der Waals surface area contributed by atoms with Gasteiger partial charge in [-0.2, -0.15) is 0 Å². The van der Waals surface area contributed by atoms with Crippen molar-refractivity contribution >= 4 is 5.91 Å². The summed E-state index contributed by atoms with van der Waals surface area (Å²) in [5.74, 6) is 0.318. The summed E-state index contributed by atoms with van der Waals surface area (Å²) in [6, 6.07) is 4.14. The Morgan fingerprint density at radius 3 is 2.75 bits per heavy atom. The fourth-order valence-electron chi connectivity index (χ4n) is 3.11. The number of aromatic nitrogens is 1. The average molecular weight is 274 g/mol. The van der Waals surface area contributed by atoms with E-state index in [-0.39, 0.29) is 6.04 Å². The second-order valence-corrected chi connectivity index (χ2v) is 5.56. The summed E-state index contributed by atoms with van der Waals surface area (Å²) in [6.45, 7) is 5.40. The van der Waals surface area contributed by atoms with E-state index in [0.717, 1.165) is 52.1 Å². The molecule has 2 aliphatic heterocycles. The van der Waals surface area contributed by atoms with Gasteiger partial charge in [0.1, 0.15) is 0 Å². The summed E-state index contributed by atoms with van der Waals surface area (Å²) in [4.78, 5) is 21.0. The van der Waals surface area contributed by atoms with Crippen LogP contribution in [0.2, 0.25) is 0 Å². The fourth-order valence-corrected chi connectivity index (χ4v) is 3.11. The first-order chi connectivity index (χ1) is 9.84. The van der Waals surface area contributed by atoms with Gasteiger partial charge in [-0.1, -0.05) is 0 Å². The molecule has 1 aromatic rings. The number of carbonyl (C=O) groups is 1. The second kappa shape index (κ2) is 6.33. The number of carbonyl (C=O) groups excluding carboxylic acids is 1. The van der Waals surface area contributed by atoms with Crippen LogP contribution in [0.1, 0.15) is 18.4 Å². The first kappa shape index (κ1) is 13.5. The number of pyridine rings is 1. The molecule has 3 heterocycles. The zero-order valence-electron chi connectivity index (χ0n) is 11.8. The first-order valence-electron chi connectivity index (χ1n) is 7.47. The molecule has 2 fully saturated rings. The Hall–Kier alpha value is -1.46. The smallest absolute Gasteiger partial charge is 0.240 e.